The minimum Gasteiger partial charge on any atom is -0.370 e. The number of nitrogens with zero attached hydrogens (tertiary/aromatic N) is 3. The molecule has 0 atom stereocenters. The zero-order valence-corrected chi connectivity index (χ0v) is 10.6. The fraction of sp³-hybridized carbons (Fsp3) is 0.385. The number of hydrogen-bond acceptors (Lipinski definition) is 3. The Morgan fingerprint density at radius 3 is 2.76 bits per heavy atom. The van der Waals surface area contributed by atoms with Gasteiger partial charge in [0.2, 0.25) is 0 Å². The molecule has 2 heterocycles. The normalized spacial score (nSPS) is 10.5. The highest BCUT2D eigenvalue weighted by Crippen LogP contribution is 2.10. The van der Waals surface area contributed by atoms with Crippen LogP contribution >= 0.6 is 0 Å². The summed E-state index contributed by atoms with van der Waals surface area (Å²) in [6, 6.07) is 6.18. The van der Waals surface area contributed by atoms with Gasteiger partial charge in [0.25, 0.3) is 0 Å². The highest BCUT2D eigenvalue weighted by molar-refractivity contribution is 5.37. The van der Waals surface area contributed by atoms with E-state index in [1.165, 1.54) is 11.3 Å². The largest absolute Gasteiger partial charge is 0.370 e. The SMILES string of the molecule is CCNc1cc(Cn2nc(C)cc2C)ccn1. The number of hydrogen-bond donors (Lipinski definition) is 1. The van der Waals surface area contributed by atoms with E-state index in [4.69, 9.17) is 0 Å². The van der Waals surface area contributed by atoms with Crippen molar-refractivity contribution in [2.24, 2.45) is 0 Å². The van der Waals surface area contributed by atoms with Gasteiger partial charge in [-0.2, -0.15) is 5.10 Å². The van der Waals surface area contributed by atoms with E-state index in [-0.39, 0.29) is 0 Å². The van der Waals surface area contributed by atoms with Crippen LogP contribution in [0.4, 0.5) is 5.82 Å². The standard InChI is InChI=1S/C13H18N4/c1-4-14-13-8-12(5-6-15-13)9-17-11(3)7-10(2)16-17/h5-8H,4,9H2,1-3H3,(H,14,15). The molecule has 0 spiro atoms. The molecule has 0 bridgehead atoms. The summed E-state index contributed by atoms with van der Waals surface area (Å²) in [5.74, 6) is 0.923. The third kappa shape index (κ3) is 2.84. The smallest absolute Gasteiger partial charge is 0.126 e. The van der Waals surface area contributed by atoms with E-state index < -0.39 is 0 Å². The van der Waals surface area contributed by atoms with E-state index in [0.29, 0.717) is 0 Å². The summed E-state index contributed by atoms with van der Waals surface area (Å²) in [7, 11) is 0. The lowest BCUT2D eigenvalue weighted by molar-refractivity contribution is 0.658. The molecule has 0 saturated carbocycles. The summed E-state index contributed by atoms with van der Waals surface area (Å²) in [6.07, 6.45) is 1.83. The summed E-state index contributed by atoms with van der Waals surface area (Å²) in [6.45, 7) is 7.83. The van der Waals surface area contributed by atoms with Crippen LogP contribution in [0.1, 0.15) is 23.9 Å². The van der Waals surface area contributed by atoms with Crippen LogP contribution in [0.3, 0.4) is 0 Å². The van der Waals surface area contributed by atoms with Gasteiger partial charge >= 0.3 is 0 Å². The summed E-state index contributed by atoms with van der Waals surface area (Å²) < 4.78 is 2.01. The van der Waals surface area contributed by atoms with Crippen LogP contribution in [0.15, 0.2) is 24.4 Å². The van der Waals surface area contributed by atoms with Gasteiger partial charge in [-0.25, -0.2) is 4.98 Å². The number of aromatic nitrogens is 3. The van der Waals surface area contributed by atoms with Crippen molar-refractivity contribution in [2.45, 2.75) is 27.3 Å². The first-order valence-corrected chi connectivity index (χ1v) is 5.89. The van der Waals surface area contributed by atoms with Gasteiger partial charge in [-0.1, -0.05) is 0 Å². The molecule has 1 N–H and O–H groups in total. The van der Waals surface area contributed by atoms with Gasteiger partial charge in [-0.05, 0) is 44.5 Å². The van der Waals surface area contributed by atoms with Crippen molar-refractivity contribution in [3.8, 4) is 0 Å². The first kappa shape index (κ1) is 11.6. The number of nitrogens with one attached hydrogen (secondary N) is 1. The van der Waals surface area contributed by atoms with Crippen molar-refractivity contribution in [1.29, 1.82) is 0 Å². The van der Waals surface area contributed by atoms with Crippen molar-refractivity contribution < 1.29 is 0 Å². The fourth-order valence-corrected chi connectivity index (χ4v) is 1.86. The van der Waals surface area contributed by atoms with Crippen LogP contribution in [0.5, 0.6) is 0 Å². The Hall–Kier alpha value is -1.84. The predicted molar refractivity (Wildman–Crippen MR) is 69.2 cm³/mol. The monoisotopic (exact) mass is 230 g/mol. The molecule has 0 aromatic carbocycles. The molecule has 0 aliphatic carbocycles. The van der Waals surface area contributed by atoms with Crippen LogP contribution in [-0.2, 0) is 6.54 Å². The number of pyridine rings is 1. The molecule has 0 amide bonds. The molecule has 90 valence electrons. The highest BCUT2D eigenvalue weighted by atomic mass is 15.3. The van der Waals surface area contributed by atoms with E-state index >= 15 is 0 Å². The molecule has 2 rings (SSSR count). The minimum absolute atomic E-state index is 0.792. The van der Waals surface area contributed by atoms with Crippen LogP contribution in [-0.4, -0.2) is 21.3 Å². The van der Waals surface area contributed by atoms with Crippen LogP contribution in [0, 0.1) is 13.8 Å². The van der Waals surface area contributed by atoms with Gasteiger partial charge in [-0.3, -0.25) is 4.68 Å². The van der Waals surface area contributed by atoms with Gasteiger partial charge in [-0.15, -0.1) is 0 Å². The second kappa shape index (κ2) is 4.99. The lowest BCUT2D eigenvalue weighted by Gasteiger charge is -2.07. The average molecular weight is 230 g/mol. The molecule has 17 heavy (non-hydrogen) atoms. The Bertz CT molecular complexity index is 502. The zero-order chi connectivity index (χ0) is 12.3. The van der Waals surface area contributed by atoms with Crippen molar-refractivity contribution in [3.05, 3.63) is 41.3 Å². The summed E-state index contributed by atoms with van der Waals surface area (Å²) in [5, 5.41) is 7.67. The Labute approximate surface area is 102 Å². The summed E-state index contributed by atoms with van der Waals surface area (Å²) >= 11 is 0. The zero-order valence-electron chi connectivity index (χ0n) is 10.6. The van der Waals surface area contributed by atoms with Crippen molar-refractivity contribution in [1.82, 2.24) is 14.8 Å². The van der Waals surface area contributed by atoms with Crippen molar-refractivity contribution in [2.75, 3.05) is 11.9 Å². The first-order chi connectivity index (χ1) is 8.19. The molecule has 0 saturated heterocycles. The van der Waals surface area contributed by atoms with Gasteiger partial charge in [0, 0.05) is 18.4 Å². The maximum absolute atomic E-state index is 4.46. The molecule has 0 radical (unpaired) electrons. The number of rotatable bonds is 4. The molecular weight excluding hydrogens is 212 g/mol. The molecular formula is C13H18N4. The summed E-state index contributed by atoms with van der Waals surface area (Å²) in [5.41, 5.74) is 3.45. The number of aryl methyl sites for hydroxylation is 2. The average Bonchev–Trinajstić information content (AvgIpc) is 2.58. The van der Waals surface area contributed by atoms with E-state index in [2.05, 4.69) is 41.4 Å². The van der Waals surface area contributed by atoms with Gasteiger partial charge in [0.05, 0.1) is 12.2 Å². The minimum atomic E-state index is 0.792. The molecule has 4 heteroatoms. The molecule has 2 aromatic rings. The predicted octanol–water partition coefficient (Wildman–Crippen LogP) is 2.38. The Morgan fingerprint density at radius 2 is 2.12 bits per heavy atom. The van der Waals surface area contributed by atoms with E-state index in [9.17, 15) is 0 Å². The highest BCUT2D eigenvalue weighted by Gasteiger charge is 2.02. The Morgan fingerprint density at radius 1 is 1.29 bits per heavy atom. The topological polar surface area (TPSA) is 42.7 Å². The van der Waals surface area contributed by atoms with Crippen molar-refractivity contribution in [3.63, 3.8) is 0 Å². The lowest BCUT2D eigenvalue weighted by atomic mass is 10.2. The maximum atomic E-state index is 4.46. The second-order valence-corrected chi connectivity index (χ2v) is 4.16. The van der Waals surface area contributed by atoms with Crippen LogP contribution < -0.4 is 5.32 Å². The molecule has 2 aromatic heterocycles. The molecule has 0 unspecified atom stereocenters. The van der Waals surface area contributed by atoms with Gasteiger partial charge in [0.1, 0.15) is 5.82 Å². The van der Waals surface area contributed by atoms with E-state index in [0.717, 1.165) is 24.6 Å². The van der Waals surface area contributed by atoms with Crippen LogP contribution in [0.25, 0.3) is 0 Å². The Balaban J connectivity index is 2.18. The number of anilines is 1. The third-order valence-corrected chi connectivity index (χ3v) is 2.62. The molecule has 4 nitrogen and oxygen atoms in total. The third-order valence-electron chi connectivity index (χ3n) is 2.62. The van der Waals surface area contributed by atoms with E-state index in [1.54, 1.807) is 0 Å². The second-order valence-electron chi connectivity index (χ2n) is 4.16. The molecule has 0 fully saturated rings. The van der Waals surface area contributed by atoms with Crippen LogP contribution in [0.2, 0.25) is 0 Å². The van der Waals surface area contributed by atoms with Gasteiger partial charge in [0.15, 0.2) is 0 Å². The molecule has 0 aliphatic rings. The maximum Gasteiger partial charge on any atom is 0.126 e. The van der Waals surface area contributed by atoms with Gasteiger partial charge < -0.3 is 5.32 Å². The van der Waals surface area contributed by atoms with E-state index in [1.807, 2.05) is 23.9 Å². The fourth-order valence-electron chi connectivity index (χ4n) is 1.86. The quantitative estimate of drug-likeness (QED) is 0.877. The van der Waals surface area contributed by atoms with Crippen molar-refractivity contribution >= 4 is 5.82 Å². The first-order valence-electron chi connectivity index (χ1n) is 5.89. The summed E-state index contributed by atoms with van der Waals surface area (Å²) in [4.78, 5) is 4.26. The molecule has 0 aliphatic heterocycles. The Kier molecular flexibility index (Phi) is 3.42. The lowest BCUT2D eigenvalue weighted by Crippen LogP contribution is -2.05.